The van der Waals surface area contributed by atoms with Gasteiger partial charge in [-0.1, -0.05) is 34.8 Å². The van der Waals surface area contributed by atoms with Gasteiger partial charge in [-0.15, -0.1) is 5.43 Å². The van der Waals surface area contributed by atoms with Gasteiger partial charge in [0.05, 0.1) is 17.1 Å². The summed E-state index contributed by atoms with van der Waals surface area (Å²) < 4.78 is 4.76. The Kier molecular flexibility index (Phi) is 4.38. The number of nitro benzene ring substituents is 1. The van der Waals surface area contributed by atoms with Gasteiger partial charge in [-0.2, -0.15) is 0 Å². The van der Waals surface area contributed by atoms with E-state index in [0.717, 1.165) is 7.11 Å². The smallest absolute Gasteiger partial charge is 0.311 e. The van der Waals surface area contributed by atoms with Gasteiger partial charge in [-0.25, -0.2) is 10.1 Å². The van der Waals surface area contributed by atoms with Crippen molar-refractivity contribution >= 4 is 46.2 Å². The fourth-order valence-electron chi connectivity index (χ4n) is 1.17. The molecule has 0 aromatic heterocycles. The first kappa shape index (κ1) is 14.6. The van der Waals surface area contributed by atoms with Crippen molar-refractivity contribution in [1.29, 1.82) is 0 Å². The Morgan fingerprint density at radius 3 is 2.06 bits per heavy atom. The molecule has 0 saturated heterocycles. The molecule has 0 heterocycles. The van der Waals surface area contributed by atoms with Gasteiger partial charge in [0.1, 0.15) is 5.02 Å². The maximum atomic E-state index is 10.8. The Morgan fingerprint density at radius 1 is 1.11 bits per heavy atom. The first-order valence-corrected chi connectivity index (χ1v) is 5.24. The predicted molar refractivity (Wildman–Crippen MR) is 65.3 cm³/mol. The maximum absolute atomic E-state index is 10.8. The van der Waals surface area contributed by atoms with Gasteiger partial charge in [0.2, 0.25) is 0 Å². The minimum absolute atomic E-state index is 0.338. The first-order valence-electron chi connectivity index (χ1n) is 4.11. The van der Waals surface area contributed by atoms with Gasteiger partial charge in [-0.05, 0) is 0 Å². The molecule has 11 heteroatoms. The van der Waals surface area contributed by atoms with Crippen LogP contribution in [0.15, 0.2) is 0 Å². The number of benzene rings is 1. The Balaban J connectivity index is 3.65. The van der Waals surface area contributed by atoms with Crippen LogP contribution in [-0.2, 0) is 0 Å². The number of hydrogen-bond acceptors (Lipinski definition) is 5. The predicted octanol–water partition coefficient (Wildman–Crippen LogP) is 3.17. The van der Waals surface area contributed by atoms with Gasteiger partial charge in [0.25, 0.3) is 0 Å². The summed E-state index contributed by atoms with van der Waals surface area (Å²) in [6, 6.07) is 0. The monoisotopic (exact) mass is 315 g/mol. The first-order chi connectivity index (χ1) is 8.31. The zero-order valence-corrected chi connectivity index (χ0v) is 10.8. The average Bonchev–Trinajstić information content (AvgIpc) is 2.25. The maximum Gasteiger partial charge on any atom is 0.311 e. The highest BCUT2D eigenvalue weighted by molar-refractivity contribution is 6.48. The largest absolute Gasteiger partial charge is 0.492 e. The van der Waals surface area contributed by atoms with Gasteiger partial charge in [-0.3, -0.25) is 10.1 Å². The third kappa shape index (κ3) is 2.50. The molecule has 0 fully saturated rings. The van der Waals surface area contributed by atoms with Crippen LogP contribution < -0.4 is 10.2 Å². The summed E-state index contributed by atoms with van der Waals surface area (Å²) >= 11 is 17.0. The molecule has 0 bridgehead atoms. The zero-order valence-electron chi connectivity index (χ0n) is 8.57. The van der Waals surface area contributed by atoms with Crippen LogP contribution in [0.4, 0.5) is 11.4 Å². The van der Waals surface area contributed by atoms with E-state index in [0.29, 0.717) is 0 Å². The highest BCUT2D eigenvalue weighted by atomic mass is 35.5. The van der Waals surface area contributed by atoms with Crippen molar-refractivity contribution in [3.8, 4) is 5.75 Å². The lowest BCUT2D eigenvalue weighted by molar-refractivity contribution is -0.445. The van der Waals surface area contributed by atoms with Crippen LogP contribution in [0, 0.1) is 20.2 Å². The SMILES string of the molecule is COc1c(Cl)c([N+](=O)[O-])c(Cl)c(Cl)c1N[N+](=O)[O-]. The fraction of sp³-hybridized carbons (Fsp3) is 0.143. The normalized spacial score (nSPS) is 10.0. The van der Waals surface area contributed by atoms with Crippen LogP contribution in [-0.4, -0.2) is 17.1 Å². The van der Waals surface area contributed by atoms with Crippen molar-refractivity contribution < 1.29 is 14.7 Å². The summed E-state index contributed by atoms with van der Waals surface area (Å²) in [6.07, 6.45) is 0. The lowest BCUT2D eigenvalue weighted by Gasteiger charge is -2.11. The Morgan fingerprint density at radius 2 is 1.67 bits per heavy atom. The van der Waals surface area contributed by atoms with E-state index in [2.05, 4.69) is 0 Å². The number of methoxy groups -OCH3 is 1. The molecule has 1 aromatic rings. The van der Waals surface area contributed by atoms with E-state index in [-0.39, 0.29) is 11.4 Å². The molecule has 0 aliphatic carbocycles. The second-order valence-electron chi connectivity index (χ2n) is 2.82. The van der Waals surface area contributed by atoms with Crippen molar-refractivity contribution in [3.05, 3.63) is 35.3 Å². The zero-order chi connectivity index (χ0) is 14.0. The minimum atomic E-state index is -0.928. The van der Waals surface area contributed by atoms with Crippen molar-refractivity contribution in [1.82, 2.24) is 0 Å². The Labute approximate surface area is 115 Å². The summed E-state index contributed by atoms with van der Waals surface area (Å²) in [4.78, 5) is 20.3. The van der Waals surface area contributed by atoms with E-state index in [1.807, 2.05) is 0 Å². The molecular formula is C7H4Cl3N3O5. The number of nitrogens with zero attached hydrogens (tertiary/aromatic N) is 2. The van der Waals surface area contributed by atoms with Crippen molar-refractivity contribution in [2.75, 3.05) is 12.5 Å². The molecule has 0 aliphatic rings. The third-order valence-corrected chi connectivity index (χ3v) is 3.04. The van der Waals surface area contributed by atoms with Crippen LogP contribution in [0.25, 0.3) is 0 Å². The lowest BCUT2D eigenvalue weighted by Crippen LogP contribution is -2.10. The molecule has 8 nitrogen and oxygen atoms in total. The van der Waals surface area contributed by atoms with Gasteiger partial charge >= 0.3 is 5.69 Å². The quantitative estimate of drug-likeness (QED) is 0.519. The molecule has 1 rings (SSSR count). The molecule has 0 saturated carbocycles. The summed E-state index contributed by atoms with van der Waals surface area (Å²) in [7, 11) is 1.13. The molecule has 0 atom stereocenters. The number of hydrazine groups is 1. The van der Waals surface area contributed by atoms with E-state index in [1.54, 1.807) is 5.43 Å². The Bertz CT molecular complexity index is 536. The second kappa shape index (κ2) is 5.42. The highest BCUT2D eigenvalue weighted by Gasteiger charge is 2.31. The van der Waals surface area contributed by atoms with Crippen LogP contribution in [0.5, 0.6) is 5.75 Å². The molecule has 1 N–H and O–H groups in total. The topological polar surface area (TPSA) is 108 Å². The summed E-state index contributed by atoms with van der Waals surface area (Å²) in [5, 5.41) is 18.8. The van der Waals surface area contributed by atoms with Crippen molar-refractivity contribution in [2.45, 2.75) is 0 Å². The van der Waals surface area contributed by atoms with Gasteiger partial charge < -0.3 is 4.74 Å². The Hall–Kier alpha value is -1.51. The number of halogens is 3. The number of rotatable bonds is 4. The van der Waals surface area contributed by atoms with E-state index in [9.17, 15) is 20.2 Å². The van der Waals surface area contributed by atoms with Crippen LogP contribution in [0.3, 0.4) is 0 Å². The molecule has 0 amide bonds. The number of anilines is 1. The molecule has 0 radical (unpaired) electrons. The van der Waals surface area contributed by atoms with Gasteiger partial charge in [0.15, 0.2) is 21.5 Å². The van der Waals surface area contributed by atoms with E-state index in [4.69, 9.17) is 39.5 Å². The second-order valence-corrected chi connectivity index (χ2v) is 3.96. The van der Waals surface area contributed by atoms with Gasteiger partial charge in [0, 0.05) is 0 Å². The standard InChI is InChI=1S/C7H4Cl3N3O5/c1-18-7-4(10)6(12(14)15)3(9)2(8)5(7)11-13(16)17/h11H,1H3. The highest BCUT2D eigenvalue weighted by Crippen LogP contribution is 2.50. The molecule has 0 aliphatic heterocycles. The van der Waals surface area contributed by atoms with E-state index >= 15 is 0 Å². The van der Waals surface area contributed by atoms with E-state index < -0.39 is 30.7 Å². The fourth-order valence-corrected chi connectivity index (χ4v) is 2.03. The molecule has 0 unspecified atom stereocenters. The molecule has 1 aromatic carbocycles. The van der Waals surface area contributed by atoms with Crippen molar-refractivity contribution in [3.63, 3.8) is 0 Å². The molecule has 18 heavy (non-hydrogen) atoms. The number of nitro groups is 2. The molecular weight excluding hydrogens is 312 g/mol. The number of hydrogen-bond donors (Lipinski definition) is 1. The summed E-state index contributed by atoms with van der Waals surface area (Å²) in [6.45, 7) is 0. The summed E-state index contributed by atoms with van der Waals surface area (Å²) in [5.74, 6) is -0.338. The van der Waals surface area contributed by atoms with Crippen molar-refractivity contribution in [2.24, 2.45) is 0 Å². The molecule has 98 valence electrons. The third-order valence-electron chi connectivity index (χ3n) is 1.84. The lowest BCUT2D eigenvalue weighted by atomic mass is 10.2. The van der Waals surface area contributed by atoms with E-state index in [1.165, 1.54) is 0 Å². The molecule has 0 spiro atoms. The average molecular weight is 316 g/mol. The number of ether oxygens (including phenoxy) is 1. The summed E-state index contributed by atoms with van der Waals surface area (Å²) in [5.41, 5.74) is 0.671. The number of nitrogens with one attached hydrogen (secondary N) is 1. The van der Waals surface area contributed by atoms with Crippen LogP contribution in [0.2, 0.25) is 15.1 Å². The van der Waals surface area contributed by atoms with Crippen LogP contribution in [0.1, 0.15) is 0 Å². The van der Waals surface area contributed by atoms with Crippen LogP contribution >= 0.6 is 34.8 Å². The minimum Gasteiger partial charge on any atom is -0.492 e.